The monoisotopic (exact) mass is 234 g/mol. The number of nitrogens with zero attached hydrogens (tertiary/aromatic N) is 1. The lowest BCUT2D eigenvalue weighted by molar-refractivity contribution is 0.312. The first-order valence-electron chi connectivity index (χ1n) is 6.27. The van der Waals surface area contributed by atoms with Crippen LogP contribution in [-0.4, -0.2) is 25.6 Å². The maximum absolute atomic E-state index is 5.72. The first-order chi connectivity index (χ1) is 8.22. The van der Waals surface area contributed by atoms with E-state index in [-0.39, 0.29) is 0 Å². The van der Waals surface area contributed by atoms with Crippen molar-refractivity contribution < 1.29 is 4.74 Å². The molecule has 0 spiro atoms. The fourth-order valence-corrected chi connectivity index (χ4v) is 2.21. The topological polar surface area (TPSA) is 38.5 Å². The summed E-state index contributed by atoms with van der Waals surface area (Å²) < 4.78 is 5.28. The van der Waals surface area contributed by atoms with E-state index in [1.165, 1.54) is 24.9 Å². The number of rotatable bonds is 6. The molecular formula is C14H22N2O. The van der Waals surface area contributed by atoms with Gasteiger partial charge in [-0.3, -0.25) is 0 Å². The average Bonchev–Trinajstić information content (AvgIpc) is 3.12. The van der Waals surface area contributed by atoms with E-state index in [9.17, 15) is 0 Å². The molecule has 0 radical (unpaired) electrons. The van der Waals surface area contributed by atoms with Gasteiger partial charge in [-0.25, -0.2) is 0 Å². The van der Waals surface area contributed by atoms with E-state index in [1.54, 1.807) is 7.11 Å². The first kappa shape index (κ1) is 12.4. The molecule has 1 saturated carbocycles. The van der Waals surface area contributed by atoms with Crippen LogP contribution in [0.4, 0.5) is 0 Å². The number of hydrogen-bond acceptors (Lipinski definition) is 3. The van der Waals surface area contributed by atoms with Crippen molar-refractivity contribution in [1.82, 2.24) is 4.90 Å². The smallest absolute Gasteiger partial charge is 0.123 e. The van der Waals surface area contributed by atoms with Gasteiger partial charge in [0.1, 0.15) is 5.75 Å². The van der Waals surface area contributed by atoms with Crippen molar-refractivity contribution >= 4 is 0 Å². The van der Waals surface area contributed by atoms with E-state index in [4.69, 9.17) is 10.5 Å². The Hall–Kier alpha value is -1.06. The summed E-state index contributed by atoms with van der Waals surface area (Å²) in [5.74, 6) is 1.83. The molecule has 1 aliphatic carbocycles. The lowest BCUT2D eigenvalue weighted by Crippen LogP contribution is -2.20. The summed E-state index contributed by atoms with van der Waals surface area (Å²) in [5, 5.41) is 0. The Morgan fingerprint density at radius 3 is 2.76 bits per heavy atom. The molecule has 0 unspecified atom stereocenters. The Bertz CT molecular complexity index is 374. The average molecular weight is 234 g/mol. The molecule has 2 rings (SSSR count). The fraction of sp³-hybridized carbons (Fsp3) is 0.571. The maximum atomic E-state index is 5.72. The molecule has 1 fully saturated rings. The third-order valence-electron chi connectivity index (χ3n) is 3.28. The Morgan fingerprint density at radius 1 is 1.41 bits per heavy atom. The standard InChI is InChI=1S/C14H22N2O/c1-16(9-11-3-4-11)10-12-5-6-14(17-2)13(7-12)8-15/h5-7,11H,3-4,8-10,15H2,1-2H3. The highest BCUT2D eigenvalue weighted by Gasteiger charge is 2.22. The Balaban J connectivity index is 1.99. The van der Waals surface area contributed by atoms with Crippen LogP contribution in [0.5, 0.6) is 5.75 Å². The minimum absolute atomic E-state index is 0.531. The molecule has 0 amide bonds. The summed E-state index contributed by atoms with van der Waals surface area (Å²) in [7, 11) is 3.87. The maximum Gasteiger partial charge on any atom is 0.123 e. The Morgan fingerprint density at radius 2 is 2.18 bits per heavy atom. The minimum Gasteiger partial charge on any atom is -0.496 e. The predicted molar refractivity (Wildman–Crippen MR) is 69.9 cm³/mol. The molecular weight excluding hydrogens is 212 g/mol. The van der Waals surface area contributed by atoms with Gasteiger partial charge in [0.15, 0.2) is 0 Å². The van der Waals surface area contributed by atoms with Gasteiger partial charge in [0.2, 0.25) is 0 Å². The van der Waals surface area contributed by atoms with Crippen LogP contribution in [0.15, 0.2) is 18.2 Å². The molecule has 0 aliphatic heterocycles. The second kappa shape index (κ2) is 5.52. The number of ether oxygens (including phenoxy) is 1. The van der Waals surface area contributed by atoms with E-state index < -0.39 is 0 Å². The van der Waals surface area contributed by atoms with E-state index in [0.29, 0.717) is 6.54 Å². The summed E-state index contributed by atoms with van der Waals surface area (Å²) in [6, 6.07) is 6.30. The Labute approximate surface area is 104 Å². The van der Waals surface area contributed by atoms with Gasteiger partial charge in [-0.1, -0.05) is 6.07 Å². The van der Waals surface area contributed by atoms with Crippen molar-refractivity contribution in [3.8, 4) is 5.75 Å². The van der Waals surface area contributed by atoms with Crippen molar-refractivity contribution in [2.75, 3.05) is 20.7 Å². The van der Waals surface area contributed by atoms with E-state index >= 15 is 0 Å². The summed E-state index contributed by atoms with van der Waals surface area (Å²) >= 11 is 0. The van der Waals surface area contributed by atoms with Crippen molar-refractivity contribution in [3.05, 3.63) is 29.3 Å². The third kappa shape index (κ3) is 3.45. The molecule has 0 bridgehead atoms. The number of nitrogens with two attached hydrogens (primary N) is 1. The van der Waals surface area contributed by atoms with Crippen LogP contribution in [0.3, 0.4) is 0 Å². The van der Waals surface area contributed by atoms with Crippen LogP contribution in [-0.2, 0) is 13.1 Å². The summed E-state index contributed by atoms with van der Waals surface area (Å²) in [6.07, 6.45) is 2.81. The van der Waals surface area contributed by atoms with Gasteiger partial charge >= 0.3 is 0 Å². The Kier molecular flexibility index (Phi) is 4.02. The summed E-state index contributed by atoms with van der Waals surface area (Å²) in [4.78, 5) is 2.39. The van der Waals surface area contributed by atoms with Gasteiger partial charge in [0.05, 0.1) is 7.11 Å². The van der Waals surface area contributed by atoms with E-state index in [2.05, 4.69) is 24.1 Å². The highest BCUT2D eigenvalue weighted by Crippen LogP contribution is 2.29. The van der Waals surface area contributed by atoms with E-state index in [1.807, 2.05) is 6.07 Å². The molecule has 0 heterocycles. The number of methoxy groups -OCH3 is 1. The molecule has 0 atom stereocenters. The predicted octanol–water partition coefficient (Wildman–Crippen LogP) is 2.00. The van der Waals surface area contributed by atoms with Crippen molar-refractivity contribution in [1.29, 1.82) is 0 Å². The van der Waals surface area contributed by atoms with Gasteiger partial charge in [-0.15, -0.1) is 0 Å². The van der Waals surface area contributed by atoms with Crippen LogP contribution in [0, 0.1) is 5.92 Å². The minimum atomic E-state index is 0.531. The van der Waals surface area contributed by atoms with Crippen molar-refractivity contribution in [3.63, 3.8) is 0 Å². The van der Waals surface area contributed by atoms with Crippen LogP contribution in [0.1, 0.15) is 24.0 Å². The molecule has 0 saturated heterocycles. The molecule has 2 N–H and O–H groups in total. The molecule has 0 aromatic heterocycles. The SMILES string of the molecule is COc1ccc(CN(C)CC2CC2)cc1CN. The molecule has 1 aromatic rings. The lowest BCUT2D eigenvalue weighted by atomic mass is 10.1. The second-order valence-corrected chi connectivity index (χ2v) is 4.99. The van der Waals surface area contributed by atoms with Crippen LogP contribution >= 0.6 is 0 Å². The molecule has 1 aliphatic rings. The molecule has 17 heavy (non-hydrogen) atoms. The molecule has 3 nitrogen and oxygen atoms in total. The zero-order valence-electron chi connectivity index (χ0n) is 10.8. The highest BCUT2D eigenvalue weighted by molar-refractivity contribution is 5.37. The van der Waals surface area contributed by atoms with Crippen LogP contribution < -0.4 is 10.5 Å². The number of benzene rings is 1. The summed E-state index contributed by atoms with van der Waals surface area (Å²) in [5.41, 5.74) is 8.13. The van der Waals surface area contributed by atoms with Gasteiger partial charge in [0, 0.05) is 25.2 Å². The van der Waals surface area contributed by atoms with Crippen LogP contribution in [0.2, 0.25) is 0 Å². The zero-order valence-corrected chi connectivity index (χ0v) is 10.8. The van der Waals surface area contributed by atoms with Crippen LogP contribution in [0.25, 0.3) is 0 Å². The first-order valence-corrected chi connectivity index (χ1v) is 6.27. The van der Waals surface area contributed by atoms with Gasteiger partial charge in [-0.05, 0) is 43.5 Å². The highest BCUT2D eigenvalue weighted by atomic mass is 16.5. The van der Waals surface area contributed by atoms with Crippen molar-refractivity contribution in [2.45, 2.75) is 25.9 Å². The van der Waals surface area contributed by atoms with Gasteiger partial charge in [-0.2, -0.15) is 0 Å². The van der Waals surface area contributed by atoms with Crippen molar-refractivity contribution in [2.24, 2.45) is 11.7 Å². The molecule has 94 valence electrons. The number of hydrogen-bond donors (Lipinski definition) is 1. The normalized spacial score (nSPS) is 15.3. The largest absolute Gasteiger partial charge is 0.496 e. The quantitative estimate of drug-likeness (QED) is 0.818. The second-order valence-electron chi connectivity index (χ2n) is 4.99. The fourth-order valence-electron chi connectivity index (χ4n) is 2.21. The molecule has 3 heteroatoms. The van der Waals surface area contributed by atoms with Gasteiger partial charge < -0.3 is 15.4 Å². The molecule has 1 aromatic carbocycles. The lowest BCUT2D eigenvalue weighted by Gasteiger charge is -2.17. The van der Waals surface area contributed by atoms with E-state index in [0.717, 1.165) is 23.8 Å². The summed E-state index contributed by atoms with van der Waals surface area (Å²) in [6.45, 7) is 2.74. The van der Waals surface area contributed by atoms with Gasteiger partial charge in [0.25, 0.3) is 0 Å². The zero-order chi connectivity index (χ0) is 12.3. The third-order valence-corrected chi connectivity index (χ3v) is 3.28.